The van der Waals surface area contributed by atoms with Gasteiger partial charge in [-0.25, -0.2) is 0 Å². The molecule has 0 aromatic carbocycles. The van der Waals surface area contributed by atoms with Crippen LogP contribution < -0.4 is 5.32 Å². The van der Waals surface area contributed by atoms with E-state index in [-0.39, 0.29) is 39.4 Å². The van der Waals surface area contributed by atoms with Crippen LogP contribution >= 0.6 is 0 Å². The molecule has 2 saturated heterocycles. The van der Waals surface area contributed by atoms with Gasteiger partial charge >= 0.3 is 20.6 Å². The minimum absolute atomic E-state index is 0.143. The van der Waals surface area contributed by atoms with E-state index in [1.807, 2.05) is 0 Å². The zero-order valence-electron chi connectivity index (χ0n) is 27.0. The van der Waals surface area contributed by atoms with Crippen LogP contribution in [-0.2, 0) is 27.5 Å². The van der Waals surface area contributed by atoms with Gasteiger partial charge in [-0.2, -0.15) is 13.2 Å². The number of alkyl halides is 3. The molecule has 0 saturated carbocycles. The second kappa shape index (κ2) is 12.2. The molecule has 2 aliphatic rings. The number of fused-ring (bicyclic) bond motifs is 1. The van der Waals surface area contributed by atoms with Crippen molar-refractivity contribution in [3.63, 3.8) is 0 Å². The fourth-order valence-electron chi connectivity index (χ4n) is 7.07. The summed E-state index contributed by atoms with van der Waals surface area (Å²) in [5.74, 6) is -2.06. The summed E-state index contributed by atoms with van der Waals surface area (Å²) in [6, 6.07) is -1.24. The highest BCUT2D eigenvalue weighted by Gasteiger charge is 2.66. The van der Waals surface area contributed by atoms with Crippen molar-refractivity contribution in [2.75, 3.05) is 6.61 Å². The van der Waals surface area contributed by atoms with Gasteiger partial charge in [0.2, 0.25) is 8.32 Å². The van der Waals surface area contributed by atoms with Crippen molar-refractivity contribution in [1.29, 1.82) is 0 Å². The van der Waals surface area contributed by atoms with E-state index in [9.17, 15) is 18.0 Å². The molecule has 0 aromatic rings. The lowest BCUT2D eigenvalue weighted by Crippen LogP contribution is -2.75. The molecule has 0 aromatic heterocycles. The fraction of sp³-hybridized carbons (Fsp3) is 0.964. The lowest BCUT2D eigenvalue weighted by Gasteiger charge is -2.59. The SMILES string of the molecule is CC(C)O[C@H]1O[C@@H]2CO[Si](C(C)(C)C)(C(C)(C)C)O[C@@H]2[C@H](O[Si](C(C)C)(C(C)C)C(C)C)[C@H]1NC(=O)C(F)(F)F. The van der Waals surface area contributed by atoms with Gasteiger partial charge in [0, 0.05) is 10.1 Å². The molecule has 2 rings (SSSR count). The smallest absolute Gasteiger partial charge is 0.408 e. The van der Waals surface area contributed by atoms with Crippen molar-refractivity contribution >= 4 is 22.8 Å². The third kappa shape index (κ3) is 6.83. The first kappa shape index (κ1) is 35.7. The Morgan fingerprint density at radius 1 is 0.900 bits per heavy atom. The molecule has 1 N–H and O–H groups in total. The summed E-state index contributed by atoms with van der Waals surface area (Å²) >= 11 is 0. The molecule has 1 amide bonds. The number of amides is 1. The molecular formula is C28H54F3NO6Si2. The molecule has 7 nitrogen and oxygen atoms in total. The Labute approximate surface area is 241 Å². The Kier molecular flexibility index (Phi) is 10.9. The van der Waals surface area contributed by atoms with Gasteiger partial charge in [-0.15, -0.1) is 0 Å². The Morgan fingerprint density at radius 3 is 1.75 bits per heavy atom. The molecule has 236 valence electrons. The summed E-state index contributed by atoms with van der Waals surface area (Å²) < 4.78 is 74.1. The quantitative estimate of drug-likeness (QED) is 0.292. The Morgan fingerprint density at radius 2 is 1.38 bits per heavy atom. The maximum atomic E-state index is 13.6. The van der Waals surface area contributed by atoms with E-state index >= 15 is 0 Å². The van der Waals surface area contributed by atoms with Gasteiger partial charge < -0.3 is 28.1 Å². The molecular weight excluding hydrogens is 559 g/mol. The fourth-order valence-corrected chi connectivity index (χ4v) is 17.6. The standard InChI is InChI=1S/C28H54F3NO6Si2/c1-16(2)35-24-21(32-25(33)28(29,30)31)23(37-39(17(3)4,18(5)6)19(7)8)22-20(36-24)15-34-40(38-22,26(9,10)11)27(12,13)14/h16-24H,15H2,1-14H3,(H,32,33)/t20-,21-,22+,23-,24+/m1/s1. The van der Waals surface area contributed by atoms with Crippen molar-refractivity contribution in [2.24, 2.45) is 0 Å². The van der Waals surface area contributed by atoms with E-state index < -0.39 is 59.6 Å². The van der Waals surface area contributed by atoms with E-state index in [0.717, 1.165) is 0 Å². The van der Waals surface area contributed by atoms with Crippen molar-refractivity contribution in [3.05, 3.63) is 0 Å². The van der Waals surface area contributed by atoms with Crippen molar-refractivity contribution in [2.45, 2.75) is 167 Å². The molecule has 0 aliphatic carbocycles. The van der Waals surface area contributed by atoms with Gasteiger partial charge in [0.1, 0.15) is 18.2 Å². The molecule has 12 heteroatoms. The Bertz CT molecular complexity index is 834. The van der Waals surface area contributed by atoms with Crippen LogP contribution in [0.1, 0.15) is 96.9 Å². The average molecular weight is 614 g/mol. The summed E-state index contributed by atoms with van der Waals surface area (Å²) in [7, 11) is -5.76. The van der Waals surface area contributed by atoms with E-state index in [0.29, 0.717) is 0 Å². The normalized spacial score (nSPS) is 28.4. The number of carbonyl (C=O) groups excluding carboxylic acids is 1. The van der Waals surface area contributed by atoms with Crippen molar-refractivity contribution in [1.82, 2.24) is 5.32 Å². The van der Waals surface area contributed by atoms with Crippen LogP contribution in [0.3, 0.4) is 0 Å². The predicted octanol–water partition coefficient (Wildman–Crippen LogP) is 7.20. The molecule has 5 atom stereocenters. The van der Waals surface area contributed by atoms with Gasteiger partial charge in [-0.3, -0.25) is 4.79 Å². The highest BCUT2D eigenvalue weighted by molar-refractivity contribution is 6.77. The van der Waals surface area contributed by atoms with Crippen LogP contribution in [0.2, 0.25) is 26.7 Å². The molecule has 40 heavy (non-hydrogen) atoms. The number of hydrogen-bond acceptors (Lipinski definition) is 6. The first-order chi connectivity index (χ1) is 17.9. The highest BCUT2D eigenvalue weighted by Crippen LogP contribution is 2.56. The topological polar surface area (TPSA) is 75.2 Å². The van der Waals surface area contributed by atoms with E-state index in [2.05, 4.69) is 88.4 Å². The number of rotatable bonds is 8. The predicted molar refractivity (Wildman–Crippen MR) is 155 cm³/mol. The zero-order chi connectivity index (χ0) is 31.2. The van der Waals surface area contributed by atoms with Crippen LogP contribution in [0.25, 0.3) is 0 Å². The number of nitrogens with one attached hydrogen (secondary N) is 1. The number of carbonyl (C=O) groups is 1. The van der Waals surface area contributed by atoms with Gasteiger partial charge in [-0.1, -0.05) is 83.1 Å². The number of halogens is 3. The summed E-state index contributed by atoms with van der Waals surface area (Å²) in [5.41, 5.74) is 0.429. The van der Waals surface area contributed by atoms with E-state index in [4.69, 9.17) is 22.8 Å². The van der Waals surface area contributed by atoms with Gasteiger partial charge in [0.05, 0.1) is 18.8 Å². The average Bonchev–Trinajstić information content (AvgIpc) is 2.75. The summed E-state index contributed by atoms with van der Waals surface area (Å²) in [4.78, 5) is 12.4. The largest absolute Gasteiger partial charge is 0.471 e. The van der Waals surface area contributed by atoms with Crippen LogP contribution in [0, 0.1) is 0 Å². The van der Waals surface area contributed by atoms with Crippen molar-refractivity contribution in [3.8, 4) is 0 Å². The van der Waals surface area contributed by atoms with E-state index in [1.165, 1.54) is 0 Å². The molecule has 0 bridgehead atoms. The maximum absolute atomic E-state index is 13.6. The van der Waals surface area contributed by atoms with Gasteiger partial charge in [-0.05, 0) is 30.5 Å². The maximum Gasteiger partial charge on any atom is 0.471 e. The Balaban J connectivity index is 2.80. The number of hydrogen-bond donors (Lipinski definition) is 1. The lowest BCUT2D eigenvalue weighted by molar-refractivity contribution is -0.287. The number of ether oxygens (including phenoxy) is 2. The third-order valence-corrected chi connectivity index (χ3v) is 19.6. The van der Waals surface area contributed by atoms with Crippen LogP contribution in [0.15, 0.2) is 0 Å². The molecule has 2 aliphatic heterocycles. The highest BCUT2D eigenvalue weighted by atomic mass is 28.4. The monoisotopic (exact) mass is 613 g/mol. The first-order valence-electron chi connectivity index (χ1n) is 14.6. The first-order valence-corrected chi connectivity index (χ1v) is 18.6. The molecule has 2 fully saturated rings. The second-order valence-electron chi connectivity index (χ2n) is 14.6. The zero-order valence-corrected chi connectivity index (χ0v) is 29.0. The Hall–Kier alpha value is -0.506. The van der Waals surface area contributed by atoms with E-state index in [1.54, 1.807) is 13.8 Å². The minimum atomic E-state index is -5.09. The summed E-state index contributed by atoms with van der Waals surface area (Å²) in [6.45, 7) is 28.9. The lowest BCUT2D eigenvalue weighted by atomic mass is 9.96. The third-order valence-electron chi connectivity index (χ3n) is 8.38. The van der Waals surface area contributed by atoms with Crippen LogP contribution in [0.4, 0.5) is 13.2 Å². The summed E-state index contributed by atoms with van der Waals surface area (Å²) in [5, 5.41) is 1.47. The molecule has 0 unspecified atom stereocenters. The summed E-state index contributed by atoms with van der Waals surface area (Å²) in [6.07, 6.45) is -8.98. The molecule has 0 spiro atoms. The minimum Gasteiger partial charge on any atom is -0.408 e. The van der Waals surface area contributed by atoms with Crippen LogP contribution in [-0.4, -0.2) is 72.3 Å². The van der Waals surface area contributed by atoms with Crippen LogP contribution in [0.5, 0.6) is 0 Å². The second-order valence-corrected chi connectivity index (χ2v) is 24.8. The van der Waals surface area contributed by atoms with Gasteiger partial charge in [0.15, 0.2) is 6.29 Å². The molecule has 2 heterocycles. The van der Waals surface area contributed by atoms with Gasteiger partial charge in [0.25, 0.3) is 0 Å². The van der Waals surface area contributed by atoms with Crippen molar-refractivity contribution < 1.29 is 40.7 Å². The molecule has 0 radical (unpaired) electrons.